The molecule has 3 heteroatoms. The molecular weight excluding hydrogens is 346 g/mol. The molecule has 4 rings (SSSR count). The van der Waals surface area contributed by atoms with Crippen LogP contribution in [0.5, 0.6) is 0 Å². The molecule has 1 aromatic heterocycles. The molecule has 1 heterocycles. The van der Waals surface area contributed by atoms with Crippen LogP contribution >= 0.6 is 0 Å². The minimum absolute atomic E-state index is 0.188. The summed E-state index contributed by atoms with van der Waals surface area (Å²) in [5, 5.41) is 0. The third-order valence-electron chi connectivity index (χ3n) is 5.49. The van der Waals surface area contributed by atoms with Crippen molar-refractivity contribution >= 4 is 17.6 Å². The number of allylic oxidation sites excluding steroid dienone is 1. The summed E-state index contributed by atoms with van der Waals surface area (Å²) >= 11 is 0. The van der Waals surface area contributed by atoms with Crippen molar-refractivity contribution in [3.05, 3.63) is 93.8 Å². The average molecular weight is 369 g/mol. The zero-order chi connectivity index (χ0) is 20.0. The maximum atomic E-state index is 12.7. The highest BCUT2D eigenvalue weighted by Crippen LogP contribution is 2.30. The van der Waals surface area contributed by atoms with Gasteiger partial charge in [-0.05, 0) is 55.2 Å². The average Bonchev–Trinajstić information content (AvgIpc) is 3.10. The number of hydrogen-bond donors (Lipinski definition) is 0. The summed E-state index contributed by atoms with van der Waals surface area (Å²) in [7, 11) is 0. The Bertz CT molecular complexity index is 1090. The van der Waals surface area contributed by atoms with Gasteiger partial charge in [-0.15, -0.1) is 0 Å². The number of ketones is 2. The molecule has 2 aromatic carbocycles. The third-order valence-corrected chi connectivity index (χ3v) is 5.49. The van der Waals surface area contributed by atoms with E-state index < -0.39 is 0 Å². The Labute approximate surface area is 165 Å². The van der Waals surface area contributed by atoms with Crippen LogP contribution in [0.15, 0.2) is 60.2 Å². The van der Waals surface area contributed by atoms with E-state index >= 15 is 0 Å². The summed E-state index contributed by atoms with van der Waals surface area (Å²) in [5.41, 5.74) is 6.60. The van der Waals surface area contributed by atoms with Gasteiger partial charge in [-0.1, -0.05) is 50.2 Å². The van der Waals surface area contributed by atoms with Crippen LogP contribution in [0.1, 0.15) is 63.0 Å². The highest BCUT2D eigenvalue weighted by atomic mass is 16.2. The number of benzene rings is 2. The standard InChI is InChI=1S/C25H23NO2/c1-15(2)18-9-11-20(12-10-18)26-16(3)13-19(17(26)4)14-23-24(27)21-7-5-6-8-22(21)25(23)28/h5-15H,1-4H3. The van der Waals surface area contributed by atoms with E-state index in [2.05, 4.69) is 42.7 Å². The van der Waals surface area contributed by atoms with Crippen LogP contribution in [0.3, 0.4) is 0 Å². The SMILES string of the molecule is Cc1cc(C=C2C(=O)c3ccccc3C2=O)c(C)n1-c1ccc(C(C)C)cc1. The lowest BCUT2D eigenvalue weighted by Gasteiger charge is -2.12. The number of nitrogens with zero attached hydrogens (tertiary/aromatic N) is 1. The van der Waals surface area contributed by atoms with Gasteiger partial charge in [0, 0.05) is 28.2 Å². The lowest BCUT2D eigenvalue weighted by molar-refractivity contribution is 0.0990. The molecule has 0 radical (unpaired) electrons. The van der Waals surface area contributed by atoms with Crippen LogP contribution in [-0.4, -0.2) is 16.1 Å². The van der Waals surface area contributed by atoms with Crippen molar-refractivity contribution in [3.8, 4) is 5.69 Å². The molecule has 0 unspecified atom stereocenters. The third kappa shape index (κ3) is 2.84. The van der Waals surface area contributed by atoms with E-state index in [-0.39, 0.29) is 17.1 Å². The predicted molar refractivity (Wildman–Crippen MR) is 112 cm³/mol. The number of aromatic nitrogens is 1. The van der Waals surface area contributed by atoms with Gasteiger partial charge in [-0.3, -0.25) is 9.59 Å². The number of Topliss-reactive ketones (excluding diaryl/α,β-unsaturated/α-hetero) is 2. The normalized spacial score (nSPS) is 13.4. The van der Waals surface area contributed by atoms with Crippen molar-refractivity contribution in [1.82, 2.24) is 4.57 Å². The molecule has 0 atom stereocenters. The molecule has 1 aliphatic carbocycles. The molecule has 0 aliphatic heterocycles. The maximum Gasteiger partial charge on any atom is 0.197 e. The minimum atomic E-state index is -0.188. The largest absolute Gasteiger partial charge is 0.318 e. The fraction of sp³-hybridized carbons (Fsp3) is 0.200. The molecule has 0 spiro atoms. The lowest BCUT2D eigenvalue weighted by atomic mass is 10.0. The van der Waals surface area contributed by atoms with Gasteiger partial charge < -0.3 is 4.57 Å². The molecule has 0 bridgehead atoms. The zero-order valence-corrected chi connectivity index (χ0v) is 16.6. The molecule has 0 saturated heterocycles. The predicted octanol–water partition coefficient (Wildman–Crippen LogP) is 5.68. The Balaban J connectivity index is 1.76. The molecule has 1 aliphatic rings. The first-order valence-corrected chi connectivity index (χ1v) is 9.58. The molecular formula is C25H23NO2. The van der Waals surface area contributed by atoms with Crippen molar-refractivity contribution in [2.75, 3.05) is 0 Å². The molecule has 28 heavy (non-hydrogen) atoms. The van der Waals surface area contributed by atoms with Gasteiger partial charge in [0.15, 0.2) is 11.6 Å². The van der Waals surface area contributed by atoms with E-state index in [1.807, 2.05) is 19.9 Å². The van der Waals surface area contributed by atoms with Crippen molar-refractivity contribution in [1.29, 1.82) is 0 Å². The van der Waals surface area contributed by atoms with Gasteiger partial charge in [0.2, 0.25) is 0 Å². The van der Waals surface area contributed by atoms with Crippen LogP contribution in [0.25, 0.3) is 11.8 Å². The first kappa shape index (κ1) is 18.2. The fourth-order valence-electron chi connectivity index (χ4n) is 3.90. The van der Waals surface area contributed by atoms with Gasteiger partial charge in [0.05, 0.1) is 5.57 Å². The fourth-order valence-corrected chi connectivity index (χ4v) is 3.90. The Morgan fingerprint density at radius 2 is 1.43 bits per heavy atom. The summed E-state index contributed by atoms with van der Waals surface area (Å²) in [4.78, 5) is 25.4. The second-order valence-electron chi connectivity index (χ2n) is 7.67. The van der Waals surface area contributed by atoms with Gasteiger partial charge in [-0.2, -0.15) is 0 Å². The number of aryl methyl sites for hydroxylation is 1. The topological polar surface area (TPSA) is 39.1 Å². The van der Waals surface area contributed by atoms with Crippen LogP contribution in [0.4, 0.5) is 0 Å². The Morgan fingerprint density at radius 1 is 0.857 bits per heavy atom. The number of fused-ring (bicyclic) bond motifs is 1. The Kier molecular flexibility index (Phi) is 4.38. The van der Waals surface area contributed by atoms with Crippen molar-refractivity contribution in [2.24, 2.45) is 0 Å². The van der Waals surface area contributed by atoms with Crippen molar-refractivity contribution in [3.63, 3.8) is 0 Å². The molecule has 0 N–H and O–H groups in total. The quantitative estimate of drug-likeness (QED) is 0.440. The van der Waals surface area contributed by atoms with Crippen molar-refractivity contribution in [2.45, 2.75) is 33.6 Å². The van der Waals surface area contributed by atoms with E-state index in [0.29, 0.717) is 17.0 Å². The molecule has 3 nitrogen and oxygen atoms in total. The number of carbonyl (C=O) groups excluding carboxylic acids is 2. The van der Waals surface area contributed by atoms with E-state index in [4.69, 9.17) is 0 Å². The van der Waals surface area contributed by atoms with Gasteiger partial charge in [-0.25, -0.2) is 0 Å². The number of hydrogen-bond acceptors (Lipinski definition) is 2. The second-order valence-corrected chi connectivity index (χ2v) is 7.67. The smallest absolute Gasteiger partial charge is 0.197 e. The van der Waals surface area contributed by atoms with Gasteiger partial charge >= 0.3 is 0 Å². The number of carbonyl (C=O) groups is 2. The summed E-state index contributed by atoms with van der Waals surface area (Å²) in [6, 6.07) is 17.6. The summed E-state index contributed by atoms with van der Waals surface area (Å²) in [6.07, 6.45) is 1.74. The maximum absolute atomic E-state index is 12.7. The highest BCUT2D eigenvalue weighted by molar-refractivity contribution is 6.41. The molecule has 0 fully saturated rings. The molecule has 0 saturated carbocycles. The molecule has 3 aromatic rings. The Morgan fingerprint density at radius 3 is 1.96 bits per heavy atom. The summed E-state index contributed by atoms with van der Waals surface area (Å²) in [5.74, 6) is 0.112. The Hall–Kier alpha value is -3.20. The van der Waals surface area contributed by atoms with E-state index in [1.165, 1.54) is 5.56 Å². The van der Waals surface area contributed by atoms with Crippen LogP contribution in [0, 0.1) is 13.8 Å². The van der Waals surface area contributed by atoms with E-state index in [1.54, 1.807) is 30.3 Å². The first-order valence-electron chi connectivity index (χ1n) is 9.58. The van der Waals surface area contributed by atoms with Crippen LogP contribution in [-0.2, 0) is 0 Å². The molecule has 140 valence electrons. The zero-order valence-electron chi connectivity index (χ0n) is 16.6. The minimum Gasteiger partial charge on any atom is -0.318 e. The monoisotopic (exact) mass is 369 g/mol. The van der Waals surface area contributed by atoms with Gasteiger partial charge in [0.25, 0.3) is 0 Å². The highest BCUT2D eigenvalue weighted by Gasteiger charge is 2.32. The van der Waals surface area contributed by atoms with Crippen molar-refractivity contribution < 1.29 is 9.59 Å². The van der Waals surface area contributed by atoms with Crippen LogP contribution in [0.2, 0.25) is 0 Å². The number of rotatable bonds is 3. The van der Waals surface area contributed by atoms with Gasteiger partial charge in [0.1, 0.15) is 0 Å². The van der Waals surface area contributed by atoms with E-state index in [9.17, 15) is 9.59 Å². The van der Waals surface area contributed by atoms with Crippen LogP contribution < -0.4 is 0 Å². The van der Waals surface area contributed by atoms with E-state index in [0.717, 1.165) is 22.6 Å². The molecule has 0 amide bonds. The second kappa shape index (κ2) is 6.75. The first-order chi connectivity index (χ1) is 13.4. The summed E-state index contributed by atoms with van der Waals surface area (Å²) in [6.45, 7) is 8.42. The lowest BCUT2D eigenvalue weighted by Crippen LogP contribution is -2.02. The summed E-state index contributed by atoms with van der Waals surface area (Å²) < 4.78 is 2.16.